The van der Waals surface area contributed by atoms with Crippen LogP contribution in [0.1, 0.15) is 13.8 Å². The first-order chi connectivity index (χ1) is 10.8. The van der Waals surface area contributed by atoms with Crippen LogP contribution in [0.5, 0.6) is 0 Å². The minimum absolute atomic E-state index is 0.0103. The van der Waals surface area contributed by atoms with Crippen molar-refractivity contribution in [2.45, 2.75) is 24.8 Å². The number of hydrogen-bond acceptors (Lipinski definition) is 4. The van der Waals surface area contributed by atoms with E-state index in [1.165, 1.54) is 12.1 Å². The van der Waals surface area contributed by atoms with Crippen LogP contribution >= 0.6 is 23.2 Å². The summed E-state index contributed by atoms with van der Waals surface area (Å²) < 4.78 is 33.1. The number of halogens is 2. The van der Waals surface area contributed by atoms with Crippen molar-refractivity contribution in [1.82, 2.24) is 9.62 Å². The van der Waals surface area contributed by atoms with Crippen LogP contribution in [0.3, 0.4) is 0 Å². The summed E-state index contributed by atoms with van der Waals surface area (Å²) in [6, 6.07) is 4.52. The molecular formula is C15H22Cl2N2O3S. The Bertz CT molecular complexity index is 632. The minimum atomic E-state index is -3.71. The third kappa shape index (κ3) is 5.05. The van der Waals surface area contributed by atoms with Crippen LogP contribution in [0.4, 0.5) is 0 Å². The molecule has 1 aromatic carbocycles. The fraction of sp³-hybridized carbons (Fsp3) is 0.600. The molecule has 1 fully saturated rings. The second kappa shape index (κ2) is 8.14. The molecule has 0 amide bonds. The predicted octanol–water partition coefficient (Wildman–Crippen LogP) is 2.63. The highest BCUT2D eigenvalue weighted by atomic mass is 35.5. The molecule has 1 N–H and O–H groups in total. The lowest BCUT2D eigenvalue weighted by molar-refractivity contribution is 0.00776. The van der Waals surface area contributed by atoms with Gasteiger partial charge in [-0.2, -0.15) is 0 Å². The lowest BCUT2D eigenvalue weighted by atomic mass is 10.0. The first-order valence-electron chi connectivity index (χ1n) is 7.58. The number of sulfonamides is 1. The van der Waals surface area contributed by atoms with E-state index in [0.29, 0.717) is 30.7 Å². The zero-order chi connectivity index (χ0) is 17.0. The molecule has 1 unspecified atom stereocenters. The molecule has 23 heavy (non-hydrogen) atoms. The van der Waals surface area contributed by atoms with Crippen molar-refractivity contribution >= 4 is 33.2 Å². The molecule has 2 rings (SSSR count). The number of morpholine rings is 1. The van der Waals surface area contributed by atoms with E-state index in [0.717, 1.165) is 13.1 Å². The van der Waals surface area contributed by atoms with Gasteiger partial charge in [0.15, 0.2) is 0 Å². The molecule has 1 aliphatic rings. The predicted molar refractivity (Wildman–Crippen MR) is 92.7 cm³/mol. The SMILES string of the molecule is CC(C)C(CNS(=O)(=O)c1cc(Cl)ccc1Cl)N1CCOCC1. The van der Waals surface area contributed by atoms with Crippen molar-refractivity contribution in [2.75, 3.05) is 32.8 Å². The zero-order valence-electron chi connectivity index (χ0n) is 13.3. The maximum Gasteiger partial charge on any atom is 0.242 e. The van der Waals surface area contributed by atoms with Crippen LogP contribution in [0, 0.1) is 5.92 Å². The average molecular weight is 381 g/mol. The van der Waals surface area contributed by atoms with Crippen molar-refractivity contribution in [3.05, 3.63) is 28.2 Å². The van der Waals surface area contributed by atoms with Crippen LogP contribution in [0.15, 0.2) is 23.1 Å². The van der Waals surface area contributed by atoms with Crippen LogP contribution in [-0.4, -0.2) is 52.2 Å². The Balaban J connectivity index is 2.11. The molecule has 1 atom stereocenters. The molecule has 8 heteroatoms. The monoisotopic (exact) mass is 380 g/mol. The van der Waals surface area contributed by atoms with E-state index in [4.69, 9.17) is 27.9 Å². The molecule has 0 aromatic heterocycles. The summed E-state index contributed by atoms with van der Waals surface area (Å²) in [5.41, 5.74) is 0. The number of rotatable bonds is 6. The highest BCUT2D eigenvalue weighted by Gasteiger charge is 2.26. The van der Waals surface area contributed by atoms with Crippen LogP contribution < -0.4 is 4.72 Å². The Morgan fingerprint density at radius 3 is 2.52 bits per heavy atom. The van der Waals surface area contributed by atoms with E-state index in [1.807, 2.05) is 0 Å². The van der Waals surface area contributed by atoms with Gasteiger partial charge < -0.3 is 4.74 Å². The van der Waals surface area contributed by atoms with Gasteiger partial charge in [0.2, 0.25) is 10.0 Å². The van der Waals surface area contributed by atoms with E-state index in [-0.39, 0.29) is 16.0 Å². The maximum absolute atomic E-state index is 12.5. The maximum atomic E-state index is 12.5. The van der Waals surface area contributed by atoms with E-state index < -0.39 is 10.0 Å². The highest BCUT2D eigenvalue weighted by molar-refractivity contribution is 7.89. The van der Waals surface area contributed by atoms with Crippen LogP contribution in [0.25, 0.3) is 0 Å². The molecule has 1 saturated heterocycles. The summed E-state index contributed by atoms with van der Waals surface area (Å²) in [5.74, 6) is 0.311. The van der Waals surface area contributed by atoms with Gasteiger partial charge in [0, 0.05) is 30.7 Å². The van der Waals surface area contributed by atoms with Gasteiger partial charge in [-0.3, -0.25) is 4.90 Å². The number of benzene rings is 1. The van der Waals surface area contributed by atoms with Gasteiger partial charge in [0.25, 0.3) is 0 Å². The Labute approximate surface area is 148 Å². The number of ether oxygens (including phenoxy) is 1. The van der Waals surface area contributed by atoms with Gasteiger partial charge in [-0.25, -0.2) is 13.1 Å². The molecular weight excluding hydrogens is 359 g/mol. The second-order valence-corrected chi connectivity index (χ2v) is 8.47. The third-order valence-corrected chi connectivity index (χ3v) is 6.09. The fourth-order valence-corrected chi connectivity index (χ4v) is 4.46. The lowest BCUT2D eigenvalue weighted by Crippen LogP contribution is -2.51. The molecule has 5 nitrogen and oxygen atoms in total. The molecule has 0 bridgehead atoms. The summed E-state index contributed by atoms with van der Waals surface area (Å²) in [6.45, 7) is 7.46. The van der Waals surface area contributed by atoms with Crippen LogP contribution in [-0.2, 0) is 14.8 Å². The number of nitrogens with zero attached hydrogens (tertiary/aromatic N) is 1. The summed E-state index contributed by atoms with van der Waals surface area (Å²) in [4.78, 5) is 2.27. The quantitative estimate of drug-likeness (QED) is 0.823. The standard InChI is InChI=1S/C15H22Cl2N2O3S/c1-11(2)14(19-5-7-22-8-6-19)10-18-23(20,21)15-9-12(16)3-4-13(15)17/h3-4,9,11,14,18H,5-8,10H2,1-2H3. The third-order valence-electron chi connectivity index (χ3n) is 3.95. The Morgan fingerprint density at radius 1 is 1.26 bits per heavy atom. The smallest absolute Gasteiger partial charge is 0.242 e. The molecule has 0 saturated carbocycles. The normalized spacial score (nSPS) is 18.3. The molecule has 0 aliphatic carbocycles. The van der Waals surface area contributed by atoms with E-state index in [1.54, 1.807) is 6.07 Å². The second-order valence-electron chi connectivity index (χ2n) is 5.89. The van der Waals surface area contributed by atoms with Crippen molar-refractivity contribution < 1.29 is 13.2 Å². The van der Waals surface area contributed by atoms with Gasteiger partial charge in [0.1, 0.15) is 4.90 Å². The molecule has 1 aromatic rings. The van der Waals surface area contributed by atoms with E-state index >= 15 is 0 Å². The summed E-state index contributed by atoms with van der Waals surface area (Å²) >= 11 is 11.9. The van der Waals surface area contributed by atoms with Gasteiger partial charge in [0.05, 0.1) is 18.2 Å². The van der Waals surface area contributed by atoms with Gasteiger partial charge >= 0.3 is 0 Å². The van der Waals surface area contributed by atoms with Crippen molar-refractivity contribution in [3.8, 4) is 0 Å². The molecule has 1 aliphatic heterocycles. The highest BCUT2D eigenvalue weighted by Crippen LogP contribution is 2.25. The topological polar surface area (TPSA) is 58.6 Å². The van der Waals surface area contributed by atoms with E-state index in [2.05, 4.69) is 23.5 Å². The lowest BCUT2D eigenvalue weighted by Gasteiger charge is -2.36. The van der Waals surface area contributed by atoms with Gasteiger partial charge in [-0.05, 0) is 24.1 Å². The minimum Gasteiger partial charge on any atom is -0.379 e. The first-order valence-corrected chi connectivity index (χ1v) is 9.81. The number of hydrogen-bond donors (Lipinski definition) is 1. The first kappa shape index (κ1) is 19.0. The molecule has 0 spiro atoms. The fourth-order valence-electron chi connectivity index (χ4n) is 2.65. The van der Waals surface area contributed by atoms with Crippen LogP contribution in [0.2, 0.25) is 10.0 Å². The van der Waals surface area contributed by atoms with Crippen molar-refractivity contribution in [3.63, 3.8) is 0 Å². The molecule has 1 heterocycles. The average Bonchev–Trinajstić information content (AvgIpc) is 2.50. The Morgan fingerprint density at radius 2 is 1.91 bits per heavy atom. The van der Waals surface area contributed by atoms with E-state index in [9.17, 15) is 8.42 Å². The van der Waals surface area contributed by atoms with Gasteiger partial charge in [-0.15, -0.1) is 0 Å². The summed E-state index contributed by atoms with van der Waals surface area (Å²) in [6.07, 6.45) is 0. The van der Waals surface area contributed by atoms with Crippen molar-refractivity contribution in [2.24, 2.45) is 5.92 Å². The number of nitrogens with one attached hydrogen (secondary N) is 1. The Kier molecular flexibility index (Phi) is 6.71. The zero-order valence-corrected chi connectivity index (χ0v) is 15.6. The van der Waals surface area contributed by atoms with Gasteiger partial charge in [-0.1, -0.05) is 37.0 Å². The largest absolute Gasteiger partial charge is 0.379 e. The molecule has 130 valence electrons. The summed E-state index contributed by atoms with van der Waals surface area (Å²) in [7, 11) is -3.71. The summed E-state index contributed by atoms with van der Waals surface area (Å²) in [5, 5.41) is 0.498. The Hall–Kier alpha value is -0.370. The van der Waals surface area contributed by atoms with Crippen molar-refractivity contribution in [1.29, 1.82) is 0 Å². The molecule has 0 radical (unpaired) electrons.